The maximum atomic E-state index is 11.4. The lowest BCUT2D eigenvalue weighted by molar-refractivity contribution is -0.124. The fourth-order valence-electron chi connectivity index (χ4n) is 1.95. The van der Waals surface area contributed by atoms with Crippen LogP contribution in [0.1, 0.15) is 38.5 Å². The van der Waals surface area contributed by atoms with Gasteiger partial charge < -0.3 is 10.4 Å². The van der Waals surface area contributed by atoms with Crippen LogP contribution in [0.25, 0.3) is 0 Å². The van der Waals surface area contributed by atoms with Crippen molar-refractivity contribution in [1.29, 1.82) is 0 Å². The summed E-state index contributed by atoms with van der Waals surface area (Å²) in [6, 6.07) is 0.252. The van der Waals surface area contributed by atoms with Gasteiger partial charge in [0.25, 0.3) is 0 Å². The van der Waals surface area contributed by atoms with E-state index < -0.39 is 0 Å². The first-order chi connectivity index (χ1) is 6.24. The first-order valence-corrected chi connectivity index (χ1v) is 5.21. The van der Waals surface area contributed by atoms with Crippen molar-refractivity contribution in [3.8, 4) is 0 Å². The molecular weight excluding hydrogens is 166 g/mol. The minimum Gasteiger partial charge on any atom is -0.393 e. The Hall–Kier alpha value is -0.570. The summed E-state index contributed by atoms with van der Waals surface area (Å²) in [5.41, 5.74) is 0. The SMILES string of the molecule is O=C(CC1CCC1)NC1CC(O)C1. The molecule has 0 aromatic rings. The molecule has 74 valence electrons. The van der Waals surface area contributed by atoms with E-state index in [9.17, 15) is 4.79 Å². The summed E-state index contributed by atoms with van der Waals surface area (Å²) in [7, 11) is 0. The predicted octanol–water partition coefficient (Wildman–Crippen LogP) is 0.816. The number of rotatable bonds is 3. The van der Waals surface area contributed by atoms with Crippen LogP contribution in [0, 0.1) is 5.92 Å². The maximum Gasteiger partial charge on any atom is 0.220 e. The van der Waals surface area contributed by atoms with Crippen LogP contribution in [-0.2, 0) is 4.79 Å². The second-order valence-electron chi connectivity index (χ2n) is 4.39. The lowest BCUT2D eigenvalue weighted by Crippen LogP contribution is -2.47. The Kier molecular flexibility index (Phi) is 2.54. The fourth-order valence-corrected chi connectivity index (χ4v) is 1.95. The van der Waals surface area contributed by atoms with Crippen LogP contribution in [-0.4, -0.2) is 23.2 Å². The second kappa shape index (κ2) is 3.66. The molecule has 0 aromatic carbocycles. The number of aliphatic hydroxyl groups is 1. The van der Waals surface area contributed by atoms with Crippen LogP contribution < -0.4 is 5.32 Å². The molecule has 3 heteroatoms. The summed E-state index contributed by atoms with van der Waals surface area (Å²) >= 11 is 0. The fraction of sp³-hybridized carbons (Fsp3) is 0.900. The van der Waals surface area contributed by atoms with E-state index in [2.05, 4.69) is 5.32 Å². The Morgan fingerprint density at radius 1 is 1.38 bits per heavy atom. The summed E-state index contributed by atoms with van der Waals surface area (Å²) in [5, 5.41) is 12.0. The van der Waals surface area contributed by atoms with Gasteiger partial charge in [0.1, 0.15) is 0 Å². The highest BCUT2D eigenvalue weighted by atomic mass is 16.3. The van der Waals surface area contributed by atoms with E-state index in [1.54, 1.807) is 0 Å². The third kappa shape index (κ3) is 2.21. The molecule has 0 saturated heterocycles. The number of amides is 1. The monoisotopic (exact) mass is 183 g/mol. The molecule has 2 saturated carbocycles. The second-order valence-corrected chi connectivity index (χ2v) is 4.39. The van der Waals surface area contributed by atoms with Gasteiger partial charge in [0.2, 0.25) is 5.91 Å². The van der Waals surface area contributed by atoms with Gasteiger partial charge in [-0.15, -0.1) is 0 Å². The molecular formula is C10H17NO2. The number of aliphatic hydroxyl groups excluding tert-OH is 1. The van der Waals surface area contributed by atoms with Gasteiger partial charge in [-0.1, -0.05) is 6.42 Å². The number of hydrogen-bond acceptors (Lipinski definition) is 2. The zero-order valence-corrected chi connectivity index (χ0v) is 7.83. The zero-order chi connectivity index (χ0) is 9.26. The van der Waals surface area contributed by atoms with Crippen molar-refractivity contribution in [3.05, 3.63) is 0 Å². The number of hydrogen-bond donors (Lipinski definition) is 2. The highest BCUT2D eigenvalue weighted by Gasteiger charge is 2.29. The summed E-state index contributed by atoms with van der Waals surface area (Å²) < 4.78 is 0. The third-order valence-electron chi connectivity index (χ3n) is 3.18. The van der Waals surface area contributed by atoms with E-state index in [1.807, 2.05) is 0 Å². The van der Waals surface area contributed by atoms with Crippen molar-refractivity contribution in [2.45, 2.75) is 50.7 Å². The van der Waals surface area contributed by atoms with E-state index in [0.29, 0.717) is 12.3 Å². The molecule has 0 unspecified atom stereocenters. The average Bonchev–Trinajstić information content (AvgIpc) is 1.94. The quantitative estimate of drug-likeness (QED) is 0.680. The standard InChI is InChI=1S/C10H17NO2/c12-9-5-8(6-9)11-10(13)4-7-2-1-3-7/h7-9,12H,1-6H2,(H,11,13). The van der Waals surface area contributed by atoms with Crippen LogP contribution in [0.4, 0.5) is 0 Å². The minimum absolute atomic E-state index is 0.172. The van der Waals surface area contributed by atoms with E-state index in [-0.39, 0.29) is 18.1 Å². The lowest BCUT2D eigenvalue weighted by atomic mass is 9.82. The van der Waals surface area contributed by atoms with Crippen LogP contribution in [0.15, 0.2) is 0 Å². The lowest BCUT2D eigenvalue weighted by Gasteiger charge is -2.33. The van der Waals surface area contributed by atoms with Gasteiger partial charge in [-0.05, 0) is 31.6 Å². The van der Waals surface area contributed by atoms with E-state index in [4.69, 9.17) is 5.11 Å². The zero-order valence-electron chi connectivity index (χ0n) is 7.83. The van der Waals surface area contributed by atoms with Crippen molar-refractivity contribution in [3.63, 3.8) is 0 Å². The molecule has 0 aromatic heterocycles. The summed E-state index contributed by atoms with van der Waals surface area (Å²) in [6.45, 7) is 0. The number of carbonyl (C=O) groups is 1. The predicted molar refractivity (Wildman–Crippen MR) is 49.1 cm³/mol. The third-order valence-corrected chi connectivity index (χ3v) is 3.18. The molecule has 2 rings (SSSR count). The van der Waals surface area contributed by atoms with Crippen LogP contribution in [0.2, 0.25) is 0 Å². The number of carbonyl (C=O) groups excluding carboxylic acids is 1. The molecule has 13 heavy (non-hydrogen) atoms. The molecule has 1 amide bonds. The normalized spacial score (nSPS) is 33.3. The molecule has 0 spiro atoms. The summed E-state index contributed by atoms with van der Waals surface area (Å²) in [6.07, 6.45) is 5.76. The van der Waals surface area contributed by atoms with Crippen molar-refractivity contribution < 1.29 is 9.90 Å². The summed E-state index contributed by atoms with van der Waals surface area (Å²) in [5.74, 6) is 0.826. The Bertz CT molecular complexity index is 195. The highest BCUT2D eigenvalue weighted by molar-refractivity contribution is 5.76. The maximum absolute atomic E-state index is 11.4. The molecule has 0 radical (unpaired) electrons. The Morgan fingerprint density at radius 2 is 2.08 bits per heavy atom. The van der Waals surface area contributed by atoms with Crippen molar-refractivity contribution in [2.75, 3.05) is 0 Å². The van der Waals surface area contributed by atoms with Gasteiger partial charge in [-0.25, -0.2) is 0 Å². The van der Waals surface area contributed by atoms with Crippen molar-refractivity contribution in [1.82, 2.24) is 5.32 Å². The Balaban J connectivity index is 1.61. The van der Waals surface area contributed by atoms with E-state index in [1.165, 1.54) is 19.3 Å². The first kappa shape index (κ1) is 9.00. The van der Waals surface area contributed by atoms with Gasteiger partial charge >= 0.3 is 0 Å². The van der Waals surface area contributed by atoms with Crippen LogP contribution in [0.3, 0.4) is 0 Å². The molecule has 2 aliphatic rings. The number of nitrogens with one attached hydrogen (secondary N) is 1. The molecule has 2 aliphatic carbocycles. The topological polar surface area (TPSA) is 49.3 Å². The van der Waals surface area contributed by atoms with Crippen LogP contribution >= 0.6 is 0 Å². The molecule has 0 heterocycles. The highest BCUT2D eigenvalue weighted by Crippen LogP contribution is 2.29. The average molecular weight is 183 g/mol. The van der Waals surface area contributed by atoms with Gasteiger partial charge in [0, 0.05) is 12.5 Å². The Morgan fingerprint density at radius 3 is 2.54 bits per heavy atom. The summed E-state index contributed by atoms with van der Waals surface area (Å²) in [4.78, 5) is 11.4. The van der Waals surface area contributed by atoms with Crippen molar-refractivity contribution >= 4 is 5.91 Å². The molecule has 2 fully saturated rings. The first-order valence-electron chi connectivity index (χ1n) is 5.21. The van der Waals surface area contributed by atoms with E-state index >= 15 is 0 Å². The molecule has 0 aliphatic heterocycles. The Labute approximate surface area is 78.5 Å². The van der Waals surface area contributed by atoms with Gasteiger partial charge in [-0.2, -0.15) is 0 Å². The molecule has 3 nitrogen and oxygen atoms in total. The molecule has 2 N–H and O–H groups in total. The van der Waals surface area contributed by atoms with Crippen molar-refractivity contribution in [2.24, 2.45) is 5.92 Å². The van der Waals surface area contributed by atoms with Crippen LogP contribution in [0.5, 0.6) is 0 Å². The minimum atomic E-state index is -0.172. The molecule has 0 atom stereocenters. The van der Waals surface area contributed by atoms with Gasteiger partial charge in [0.05, 0.1) is 6.10 Å². The smallest absolute Gasteiger partial charge is 0.220 e. The van der Waals surface area contributed by atoms with Gasteiger partial charge in [-0.3, -0.25) is 4.79 Å². The molecule has 0 bridgehead atoms. The van der Waals surface area contributed by atoms with E-state index in [0.717, 1.165) is 12.8 Å². The largest absolute Gasteiger partial charge is 0.393 e. The van der Waals surface area contributed by atoms with Gasteiger partial charge in [0.15, 0.2) is 0 Å².